The number of nitrogens with zero attached hydrogens (tertiary/aromatic N) is 3. The number of ether oxygens (including phenoxy) is 1. The first-order valence-electron chi connectivity index (χ1n) is 13.2. The van der Waals surface area contributed by atoms with Crippen LogP contribution in [0.4, 0.5) is 33.6 Å². The molecule has 1 saturated heterocycles. The van der Waals surface area contributed by atoms with Crippen molar-refractivity contribution in [2.45, 2.75) is 48.3 Å². The van der Waals surface area contributed by atoms with Crippen molar-refractivity contribution in [1.82, 2.24) is 20.2 Å². The monoisotopic (exact) mass is 609 g/mol. The second-order valence-electron chi connectivity index (χ2n) is 10.6. The van der Waals surface area contributed by atoms with Gasteiger partial charge in [0.1, 0.15) is 10.4 Å². The number of thiophene rings is 1. The number of carbonyl (C=O) groups excluding carboxylic acids is 1. The van der Waals surface area contributed by atoms with Crippen LogP contribution in [-0.4, -0.2) is 58.9 Å². The topological polar surface area (TPSA) is 79.4 Å². The largest absolute Gasteiger partial charge is 0.420 e. The van der Waals surface area contributed by atoms with Gasteiger partial charge < -0.3 is 20.3 Å². The predicted molar refractivity (Wildman–Crippen MR) is 144 cm³/mol. The lowest BCUT2D eigenvalue weighted by Gasteiger charge is -2.36. The van der Waals surface area contributed by atoms with E-state index in [4.69, 9.17) is 4.74 Å². The molecule has 5 heterocycles. The summed E-state index contributed by atoms with van der Waals surface area (Å²) in [6.45, 7) is 1.24. The smallest absolute Gasteiger partial charge is 0.377 e. The minimum atomic E-state index is -4.73. The highest BCUT2D eigenvalue weighted by Crippen LogP contribution is 2.48. The van der Waals surface area contributed by atoms with Crippen molar-refractivity contribution in [3.63, 3.8) is 0 Å². The van der Waals surface area contributed by atoms with Gasteiger partial charge in [-0.1, -0.05) is 0 Å². The first-order valence-corrected chi connectivity index (χ1v) is 15.0. The minimum Gasteiger partial charge on any atom is -0.377 e. The number of nitrogens with one attached hydrogen (secondary N) is 2. The number of aromatic nitrogens is 2. The lowest BCUT2D eigenvalue weighted by molar-refractivity contribution is -0.137. The number of amides is 1. The molecule has 3 aromatic rings. The van der Waals surface area contributed by atoms with E-state index in [9.17, 15) is 26.7 Å². The summed E-state index contributed by atoms with van der Waals surface area (Å²) in [5, 5.41) is 5.74. The standard InChI is InChI=1S/C27H24F5N5O2S2/c28-26(29)12-33-8-14-5-19(16(6-17(14)26)13-1-2-13)35-25-34-9-18(27(30,31)32)22(36-25)20-7-21-23(41-20)24(38)37(3-4-40-21)15-10-39-11-15/h5-7,9,13,15,33H,1-4,8,10-12H2,(H,34,35,36). The average molecular weight is 610 g/mol. The van der Waals surface area contributed by atoms with Crippen LogP contribution in [0.25, 0.3) is 10.6 Å². The molecule has 2 aromatic heterocycles. The first-order chi connectivity index (χ1) is 19.6. The van der Waals surface area contributed by atoms with Crippen molar-refractivity contribution in [2.24, 2.45) is 0 Å². The summed E-state index contributed by atoms with van der Waals surface area (Å²) in [5.41, 5.74) is 0.224. The zero-order valence-corrected chi connectivity index (χ0v) is 23.1. The zero-order valence-electron chi connectivity index (χ0n) is 21.5. The number of hydrogen-bond acceptors (Lipinski definition) is 8. The molecule has 0 radical (unpaired) electrons. The van der Waals surface area contributed by atoms with E-state index in [-0.39, 0.29) is 46.5 Å². The molecule has 1 amide bonds. The van der Waals surface area contributed by atoms with Crippen molar-refractivity contribution < 1.29 is 31.5 Å². The Morgan fingerprint density at radius 1 is 1.17 bits per heavy atom. The summed E-state index contributed by atoms with van der Waals surface area (Å²) in [6.07, 6.45) is -2.32. The molecule has 2 fully saturated rings. The molecule has 0 atom stereocenters. The summed E-state index contributed by atoms with van der Waals surface area (Å²) in [6, 6.07) is 4.68. The van der Waals surface area contributed by atoms with E-state index >= 15 is 0 Å². The number of hydrogen-bond donors (Lipinski definition) is 2. The van der Waals surface area contributed by atoms with Crippen LogP contribution in [0.3, 0.4) is 0 Å². The van der Waals surface area contributed by atoms with Crippen LogP contribution in [-0.2, 0) is 23.4 Å². The van der Waals surface area contributed by atoms with Gasteiger partial charge in [-0.05, 0) is 48.1 Å². The number of anilines is 2. The van der Waals surface area contributed by atoms with Gasteiger partial charge in [-0.25, -0.2) is 9.97 Å². The highest BCUT2D eigenvalue weighted by atomic mass is 32.2. The highest BCUT2D eigenvalue weighted by molar-refractivity contribution is 7.99. The molecule has 3 aliphatic heterocycles. The van der Waals surface area contributed by atoms with Gasteiger partial charge in [0.15, 0.2) is 0 Å². The van der Waals surface area contributed by atoms with Crippen LogP contribution >= 0.6 is 23.1 Å². The number of fused-ring (bicyclic) bond motifs is 2. The fraction of sp³-hybridized carbons (Fsp3) is 0.444. The number of alkyl halides is 5. The van der Waals surface area contributed by atoms with E-state index in [0.717, 1.165) is 30.4 Å². The Kier molecular flexibility index (Phi) is 6.52. The maximum atomic E-state index is 14.6. The van der Waals surface area contributed by atoms with Gasteiger partial charge in [0.05, 0.1) is 36.4 Å². The first kappa shape index (κ1) is 27.0. The van der Waals surface area contributed by atoms with Crippen LogP contribution in [0.2, 0.25) is 0 Å². The SMILES string of the molecule is O=C1c2sc(-c3nc(Nc4cc5c(cc4C4CC4)C(F)(F)CNC5)ncc3C(F)(F)F)cc2SCCN1C1COC1. The van der Waals surface area contributed by atoms with E-state index in [0.29, 0.717) is 52.1 Å². The summed E-state index contributed by atoms with van der Waals surface area (Å²) >= 11 is 2.41. The third-order valence-electron chi connectivity index (χ3n) is 7.73. The number of thioether (sulfide) groups is 1. The molecule has 1 aromatic carbocycles. The molecular weight excluding hydrogens is 585 g/mol. The lowest BCUT2D eigenvalue weighted by atomic mass is 9.92. The molecule has 7 rings (SSSR count). The van der Waals surface area contributed by atoms with Gasteiger partial charge >= 0.3 is 6.18 Å². The molecule has 0 bridgehead atoms. The Morgan fingerprint density at radius 3 is 2.68 bits per heavy atom. The molecule has 14 heteroatoms. The molecule has 0 spiro atoms. The number of carbonyl (C=O) groups is 1. The number of benzene rings is 1. The third-order valence-corrected chi connectivity index (χ3v) is 10.0. The second kappa shape index (κ2) is 9.89. The molecule has 7 nitrogen and oxygen atoms in total. The van der Waals surface area contributed by atoms with Crippen molar-refractivity contribution in [1.29, 1.82) is 0 Å². The summed E-state index contributed by atoms with van der Waals surface area (Å²) < 4.78 is 76.8. The lowest BCUT2D eigenvalue weighted by Crippen LogP contribution is -2.52. The normalized spacial score (nSPS) is 20.7. The Balaban J connectivity index is 1.27. The fourth-order valence-corrected chi connectivity index (χ4v) is 7.70. The van der Waals surface area contributed by atoms with E-state index < -0.39 is 24.2 Å². The molecule has 1 aliphatic carbocycles. The van der Waals surface area contributed by atoms with Crippen molar-refractivity contribution >= 4 is 40.6 Å². The van der Waals surface area contributed by atoms with Gasteiger partial charge in [0, 0.05) is 41.2 Å². The fourth-order valence-electron chi connectivity index (χ4n) is 5.38. The predicted octanol–water partition coefficient (Wildman–Crippen LogP) is 5.99. The van der Waals surface area contributed by atoms with Gasteiger partial charge in [0.25, 0.3) is 11.8 Å². The van der Waals surface area contributed by atoms with Crippen LogP contribution in [0, 0.1) is 0 Å². The zero-order chi connectivity index (χ0) is 28.5. The molecule has 216 valence electrons. The maximum absolute atomic E-state index is 14.6. The van der Waals surface area contributed by atoms with Gasteiger partial charge in [-0.3, -0.25) is 4.79 Å². The van der Waals surface area contributed by atoms with Crippen molar-refractivity contribution in [2.75, 3.05) is 37.4 Å². The Bertz CT molecular complexity index is 1540. The third kappa shape index (κ3) is 4.98. The summed E-state index contributed by atoms with van der Waals surface area (Å²) in [5.74, 6) is -2.61. The highest BCUT2D eigenvalue weighted by Gasteiger charge is 2.40. The molecule has 1 saturated carbocycles. The van der Waals surface area contributed by atoms with Crippen LogP contribution < -0.4 is 10.6 Å². The van der Waals surface area contributed by atoms with E-state index in [1.807, 2.05) is 0 Å². The van der Waals surface area contributed by atoms with Crippen molar-refractivity contribution in [3.8, 4) is 10.6 Å². The Hall–Kier alpha value is -2.81. The molecular formula is C27H24F5N5O2S2. The van der Waals surface area contributed by atoms with Crippen LogP contribution in [0.5, 0.6) is 0 Å². The maximum Gasteiger partial charge on any atom is 0.420 e. The van der Waals surface area contributed by atoms with Crippen LogP contribution in [0.15, 0.2) is 29.3 Å². The molecule has 0 unspecified atom stereocenters. The number of rotatable bonds is 5. The average Bonchev–Trinajstić information content (AvgIpc) is 3.66. The molecule has 41 heavy (non-hydrogen) atoms. The molecule has 2 N–H and O–H groups in total. The Morgan fingerprint density at radius 2 is 1.98 bits per heavy atom. The van der Waals surface area contributed by atoms with E-state index in [1.54, 1.807) is 17.0 Å². The minimum absolute atomic E-state index is 0.0255. The van der Waals surface area contributed by atoms with Gasteiger partial charge in [0.2, 0.25) is 5.95 Å². The van der Waals surface area contributed by atoms with Gasteiger partial charge in [-0.2, -0.15) is 22.0 Å². The van der Waals surface area contributed by atoms with Crippen LogP contribution in [0.1, 0.15) is 50.7 Å². The quantitative estimate of drug-likeness (QED) is 0.345. The number of halogens is 5. The summed E-state index contributed by atoms with van der Waals surface area (Å²) in [4.78, 5) is 24.5. The Labute approximate surface area is 239 Å². The summed E-state index contributed by atoms with van der Waals surface area (Å²) in [7, 11) is 0. The second-order valence-corrected chi connectivity index (χ2v) is 12.8. The van der Waals surface area contributed by atoms with Gasteiger partial charge in [-0.15, -0.1) is 23.1 Å². The van der Waals surface area contributed by atoms with E-state index in [2.05, 4.69) is 20.6 Å². The van der Waals surface area contributed by atoms with E-state index in [1.165, 1.54) is 17.8 Å². The molecule has 4 aliphatic rings. The van der Waals surface area contributed by atoms with Crippen molar-refractivity contribution in [3.05, 3.63) is 51.5 Å².